The highest BCUT2D eigenvalue weighted by Gasteiger charge is 2.10. The molecular formula is C13H11ClN4O. The molecule has 0 fully saturated rings. The predicted octanol–water partition coefficient (Wildman–Crippen LogP) is 2.26. The number of halogens is 1. The van der Waals surface area contributed by atoms with Crippen molar-refractivity contribution in [2.24, 2.45) is 0 Å². The zero-order valence-corrected chi connectivity index (χ0v) is 11.0. The van der Waals surface area contributed by atoms with Crippen molar-refractivity contribution in [3.63, 3.8) is 0 Å². The van der Waals surface area contributed by atoms with E-state index in [1.807, 2.05) is 19.1 Å². The van der Waals surface area contributed by atoms with Gasteiger partial charge in [0.2, 0.25) is 0 Å². The normalized spacial score (nSPS) is 11.1. The Kier molecular flexibility index (Phi) is 2.83. The maximum absolute atomic E-state index is 12.1. The lowest BCUT2D eigenvalue weighted by Gasteiger charge is -2.04. The Labute approximate surface area is 114 Å². The SMILES string of the molecule is CCn1cnc2c(cnn2-c2ccc(Cl)cc2)c1=O. The van der Waals surface area contributed by atoms with E-state index in [-0.39, 0.29) is 5.56 Å². The highest BCUT2D eigenvalue weighted by atomic mass is 35.5. The van der Waals surface area contributed by atoms with E-state index >= 15 is 0 Å². The van der Waals surface area contributed by atoms with Gasteiger partial charge in [0, 0.05) is 11.6 Å². The van der Waals surface area contributed by atoms with Crippen LogP contribution in [0.5, 0.6) is 0 Å². The lowest BCUT2D eigenvalue weighted by Crippen LogP contribution is -2.19. The Balaban J connectivity index is 2.24. The average molecular weight is 275 g/mol. The van der Waals surface area contributed by atoms with Crippen LogP contribution >= 0.6 is 11.6 Å². The molecule has 0 saturated carbocycles. The first-order chi connectivity index (χ1) is 9.20. The molecule has 3 rings (SSSR count). The van der Waals surface area contributed by atoms with Crippen molar-refractivity contribution in [2.45, 2.75) is 13.5 Å². The molecule has 0 amide bonds. The van der Waals surface area contributed by atoms with E-state index in [9.17, 15) is 4.79 Å². The summed E-state index contributed by atoms with van der Waals surface area (Å²) in [5, 5.41) is 5.40. The van der Waals surface area contributed by atoms with Crippen LogP contribution in [0.4, 0.5) is 0 Å². The number of rotatable bonds is 2. The highest BCUT2D eigenvalue weighted by Crippen LogP contribution is 2.16. The first kappa shape index (κ1) is 11.9. The van der Waals surface area contributed by atoms with E-state index < -0.39 is 0 Å². The first-order valence-corrected chi connectivity index (χ1v) is 6.27. The third kappa shape index (κ3) is 1.92. The van der Waals surface area contributed by atoms with Crippen LogP contribution in [0.3, 0.4) is 0 Å². The van der Waals surface area contributed by atoms with Gasteiger partial charge in [-0.05, 0) is 31.2 Å². The predicted molar refractivity (Wildman–Crippen MR) is 73.8 cm³/mol. The van der Waals surface area contributed by atoms with Gasteiger partial charge in [0.1, 0.15) is 5.39 Å². The number of hydrogen-bond donors (Lipinski definition) is 0. The van der Waals surface area contributed by atoms with Gasteiger partial charge in [-0.1, -0.05) is 11.6 Å². The van der Waals surface area contributed by atoms with Crippen LogP contribution in [0.15, 0.2) is 41.6 Å². The maximum Gasteiger partial charge on any atom is 0.264 e. The average Bonchev–Trinajstić information content (AvgIpc) is 2.85. The molecule has 0 aliphatic rings. The smallest absolute Gasteiger partial charge is 0.264 e. The Morgan fingerprint density at radius 2 is 2.00 bits per heavy atom. The van der Waals surface area contributed by atoms with Crippen molar-refractivity contribution < 1.29 is 0 Å². The number of benzene rings is 1. The van der Waals surface area contributed by atoms with Gasteiger partial charge in [0.05, 0.1) is 18.2 Å². The summed E-state index contributed by atoms with van der Waals surface area (Å²) in [6, 6.07) is 7.22. The first-order valence-electron chi connectivity index (χ1n) is 5.90. The summed E-state index contributed by atoms with van der Waals surface area (Å²) in [7, 11) is 0. The summed E-state index contributed by atoms with van der Waals surface area (Å²) in [6.07, 6.45) is 3.09. The van der Waals surface area contributed by atoms with Crippen LogP contribution in [0.1, 0.15) is 6.92 Å². The van der Waals surface area contributed by atoms with E-state index in [1.165, 1.54) is 0 Å². The molecule has 96 valence electrons. The molecule has 0 saturated heterocycles. The third-order valence-electron chi connectivity index (χ3n) is 2.97. The largest absolute Gasteiger partial charge is 0.299 e. The lowest BCUT2D eigenvalue weighted by atomic mass is 10.3. The topological polar surface area (TPSA) is 52.7 Å². The molecule has 6 heteroatoms. The molecule has 0 aliphatic heterocycles. The van der Waals surface area contributed by atoms with Crippen molar-refractivity contribution in [1.82, 2.24) is 19.3 Å². The van der Waals surface area contributed by atoms with Gasteiger partial charge < -0.3 is 0 Å². The summed E-state index contributed by atoms with van der Waals surface area (Å²) in [5.74, 6) is 0. The molecule has 0 unspecified atom stereocenters. The van der Waals surface area contributed by atoms with Gasteiger partial charge >= 0.3 is 0 Å². The third-order valence-corrected chi connectivity index (χ3v) is 3.22. The van der Waals surface area contributed by atoms with E-state index in [4.69, 9.17) is 11.6 Å². The number of hydrogen-bond acceptors (Lipinski definition) is 3. The molecule has 2 aromatic heterocycles. The standard InChI is InChI=1S/C13H11ClN4O/c1-2-17-8-15-12-11(13(17)19)7-16-18(12)10-5-3-9(14)4-6-10/h3-8H,2H2,1H3. The van der Waals surface area contributed by atoms with Gasteiger partial charge in [-0.3, -0.25) is 9.36 Å². The van der Waals surface area contributed by atoms with E-state index in [1.54, 1.807) is 33.9 Å². The fourth-order valence-corrected chi connectivity index (χ4v) is 2.07. The summed E-state index contributed by atoms with van der Waals surface area (Å²) in [6.45, 7) is 2.49. The molecule has 0 aliphatic carbocycles. The van der Waals surface area contributed by atoms with Crippen molar-refractivity contribution in [3.8, 4) is 5.69 Å². The second kappa shape index (κ2) is 4.51. The lowest BCUT2D eigenvalue weighted by molar-refractivity contribution is 0.715. The van der Waals surface area contributed by atoms with Gasteiger partial charge in [-0.2, -0.15) is 5.10 Å². The van der Waals surface area contributed by atoms with Crippen molar-refractivity contribution >= 4 is 22.6 Å². The fraction of sp³-hybridized carbons (Fsp3) is 0.154. The quantitative estimate of drug-likeness (QED) is 0.720. The van der Waals surface area contributed by atoms with Crippen molar-refractivity contribution in [1.29, 1.82) is 0 Å². The minimum Gasteiger partial charge on any atom is -0.299 e. The summed E-state index contributed by atoms with van der Waals surface area (Å²) in [4.78, 5) is 16.4. The second-order valence-corrected chi connectivity index (χ2v) is 4.54. The van der Waals surface area contributed by atoms with Crippen LogP contribution in [-0.4, -0.2) is 19.3 Å². The van der Waals surface area contributed by atoms with Crippen LogP contribution in [0, 0.1) is 0 Å². The van der Waals surface area contributed by atoms with Gasteiger partial charge in [-0.15, -0.1) is 0 Å². The Morgan fingerprint density at radius 1 is 1.26 bits per heavy atom. The monoisotopic (exact) mass is 274 g/mol. The number of aromatic nitrogens is 4. The molecular weight excluding hydrogens is 264 g/mol. The highest BCUT2D eigenvalue weighted by molar-refractivity contribution is 6.30. The van der Waals surface area contributed by atoms with Crippen LogP contribution in [-0.2, 0) is 6.54 Å². The number of aryl methyl sites for hydroxylation is 1. The molecule has 0 N–H and O–H groups in total. The number of fused-ring (bicyclic) bond motifs is 1. The molecule has 0 bridgehead atoms. The van der Waals surface area contributed by atoms with E-state index in [2.05, 4.69) is 10.1 Å². The van der Waals surface area contributed by atoms with Gasteiger partial charge in [0.25, 0.3) is 5.56 Å². The second-order valence-electron chi connectivity index (χ2n) is 4.11. The Morgan fingerprint density at radius 3 is 2.68 bits per heavy atom. The van der Waals surface area contributed by atoms with Crippen molar-refractivity contribution in [2.75, 3.05) is 0 Å². The molecule has 5 nitrogen and oxygen atoms in total. The minimum atomic E-state index is -0.0762. The molecule has 0 atom stereocenters. The fourth-order valence-electron chi connectivity index (χ4n) is 1.95. The Bertz CT molecular complexity index is 789. The number of nitrogens with zero attached hydrogens (tertiary/aromatic N) is 4. The molecule has 1 aromatic carbocycles. The van der Waals surface area contributed by atoms with Gasteiger partial charge in [-0.25, -0.2) is 9.67 Å². The Hall–Kier alpha value is -2.14. The molecule has 0 spiro atoms. The maximum atomic E-state index is 12.1. The zero-order valence-electron chi connectivity index (χ0n) is 10.2. The van der Waals surface area contributed by atoms with Crippen molar-refractivity contribution in [3.05, 3.63) is 52.2 Å². The summed E-state index contributed by atoms with van der Waals surface area (Å²) < 4.78 is 3.18. The summed E-state index contributed by atoms with van der Waals surface area (Å²) >= 11 is 5.86. The van der Waals surface area contributed by atoms with E-state index in [0.717, 1.165) is 5.69 Å². The minimum absolute atomic E-state index is 0.0762. The van der Waals surface area contributed by atoms with E-state index in [0.29, 0.717) is 22.6 Å². The van der Waals surface area contributed by atoms with Crippen LogP contribution in [0.25, 0.3) is 16.7 Å². The molecule has 0 radical (unpaired) electrons. The molecule has 19 heavy (non-hydrogen) atoms. The molecule has 2 heterocycles. The zero-order chi connectivity index (χ0) is 13.4. The van der Waals surface area contributed by atoms with Crippen LogP contribution in [0.2, 0.25) is 5.02 Å². The summed E-state index contributed by atoms with van der Waals surface area (Å²) in [5.41, 5.74) is 1.30. The van der Waals surface area contributed by atoms with Gasteiger partial charge in [0.15, 0.2) is 5.65 Å². The van der Waals surface area contributed by atoms with Crippen LogP contribution < -0.4 is 5.56 Å². The molecule has 3 aromatic rings.